The number of aliphatic hydroxyl groups is 7. The van der Waals surface area contributed by atoms with E-state index in [0.717, 1.165) is 80.9 Å². The number of fused-ring (bicyclic) bond motifs is 5. The molecule has 0 aromatic heterocycles. The van der Waals surface area contributed by atoms with E-state index in [1.807, 2.05) is 26.1 Å². The number of allylic oxidation sites excluding steroid dienone is 9. The molecule has 1 heterocycles. The number of aldehydes is 1. The third-order valence-corrected chi connectivity index (χ3v) is 17.9. The van der Waals surface area contributed by atoms with E-state index in [1.165, 1.54) is 16.7 Å². The lowest BCUT2D eigenvalue weighted by Gasteiger charge is -2.61. The molecule has 408 valence electrons. The molecule has 1 aliphatic heterocycles. The lowest BCUT2D eigenvalue weighted by molar-refractivity contribution is -0.194. The van der Waals surface area contributed by atoms with Crippen LogP contribution in [0, 0.1) is 40.9 Å². The molecule has 0 unspecified atom stereocenters. The minimum atomic E-state index is -1.29. The van der Waals surface area contributed by atoms with Crippen LogP contribution in [0.25, 0.3) is 0 Å². The third-order valence-electron chi connectivity index (χ3n) is 17.9. The Bertz CT molecular complexity index is 2100. The standard InChI is InChI=1S/C60H93N3O10/c1-40-16-17-47(31-44-11-8-12-45(30-44)33-58(62-35-40,25-29-72-6)50-14-9-15-51(32-50)63-54(22-28-65)43(4)68)41(2)10-7-13-49(38-73-39-52(69)37-67)53-20-23-60(57(53)70)56-46(21-27-64)18-19-48(55(56)42(3)36-66)34-59(60,71)24-26-61-5/h7-8,10-13,16,18-19,30,36,43,46-48,50-54,56-57,61-65,67-71H,2,9,14-15,17,20-29,31-35,37-39H2,1,3-6H3/b10-7+,40-16+,49-13-,55-42?/t43-,46-,47+,48-,50+,51-,52+,53-,54+,56-,57+,58+,59+,60+/m0/s1. The van der Waals surface area contributed by atoms with E-state index in [9.17, 15) is 40.5 Å². The molecule has 1 aromatic rings. The first-order valence-electron chi connectivity index (χ1n) is 27.6. The molecule has 10 N–H and O–H groups in total. The molecule has 0 radical (unpaired) electrons. The maximum absolute atomic E-state index is 13.1. The Morgan fingerprint density at radius 3 is 2.59 bits per heavy atom. The van der Waals surface area contributed by atoms with Crippen LogP contribution in [0.2, 0.25) is 0 Å². The molecule has 4 aliphatic carbocycles. The number of methoxy groups -OCH3 is 1. The molecule has 3 fully saturated rings. The molecule has 5 aliphatic rings. The number of hydrogen-bond donors (Lipinski definition) is 10. The van der Waals surface area contributed by atoms with Crippen molar-refractivity contribution in [1.82, 2.24) is 16.0 Å². The molecule has 13 nitrogen and oxygen atoms in total. The number of benzene rings is 1. The van der Waals surface area contributed by atoms with Gasteiger partial charge in [-0.25, -0.2) is 0 Å². The van der Waals surface area contributed by atoms with Gasteiger partial charge in [0.1, 0.15) is 12.4 Å². The average molecular weight is 1020 g/mol. The third kappa shape index (κ3) is 14.1. The number of nitrogens with one attached hydrogen (secondary N) is 3. The van der Waals surface area contributed by atoms with Crippen molar-refractivity contribution in [3.05, 3.63) is 106 Å². The maximum atomic E-state index is 13.1. The van der Waals surface area contributed by atoms with Crippen molar-refractivity contribution < 1.29 is 50.0 Å². The van der Waals surface area contributed by atoms with Crippen LogP contribution in [0.3, 0.4) is 0 Å². The predicted molar refractivity (Wildman–Crippen MR) is 289 cm³/mol. The highest BCUT2D eigenvalue weighted by molar-refractivity contribution is 5.74. The Morgan fingerprint density at radius 2 is 1.88 bits per heavy atom. The van der Waals surface area contributed by atoms with E-state index in [-0.39, 0.29) is 67.7 Å². The molecule has 1 aromatic carbocycles. The lowest BCUT2D eigenvalue weighted by Crippen LogP contribution is -2.65. The fourth-order valence-electron chi connectivity index (χ4n) is 14.1. The van der Waals surface area contributed by atoms with E-state index < -0.39 is 41.9 Å². The van der Waals surface area contributed by atoms with Crippen LogP contribution in [0.15, 0.2) is 95.2 Å². The second-order valence-corrected chi connectivity index (χ2v) is 22.7. The van der Waals surface area contributed by atoms with Crippen molar-refractivity contribution in [1.29, 1.82) is 0 Å². The van der Waals surface area contributed by atoms with Crippen molar-refractivity contribution in [3.63, 3.8) is 0 Å². The largest absolute Gasteiger partial charge is 0.396 e. The van der Waals surface area contributed by atoms with Crippen LogP contribution < -0.4 is 16.0 Å². The van der Waals surface area contributed by atoms with Crippen LogP contribution in [-0.4, -0.2) is 150 Å². The molecule has 73 heavy (non-hydrogen) atoms. The Hall–Kier alpha value is -3.15. The fourth-order valence-corrected chi connectivity index (χ4v) is 14.1. The number of hydrogen-bond acceptors (Lipinski definition) is 13. The second kappa shape index (κ2) is 27.8. The van der Waals surface area contributed by atoms with Crippen LogP contribution in [0.1, 0.15) is 109 Å². The molecule has 13 heteroatoms. The van der Waals surface area contributed by atoms with E-state index in [2.05, 4.69) is 78.0 Å². The summed E-state index contributed by atoms with van der Waals surface area (Å²) in [6, 6.07) is 9.07. The summed E-state index contributed by atoms with van der Waals surface area (Å²) in [5.41, 5.74) is 4.55. The molecule has 0 amide bonds. The van der Waals surface area contributed by atoms with Gasteiger partial charge in [0.25, 0.3) is 0 Å². The van der Waals surface area contributed by atoms with E-state index in [0.29, 0.717) is 63.2 Å². The zero-order chi connectivity index (χ0) is 52.8. The van der Waals surface area contributed by atoms with Gasteiger partial charge in [0.05, 0.1) is 37.6 Å². The van der Waals surface area contributed by atoms with Gasteiger partial charge < -0.3 is 61.2 Å². The van der Waals surface area contributed by atoms with Gasteiger partial charge in [0.2, 0.25) is 0 Å². The van der Waals surface area contributed by atoms with Crippen LogP contribution in [0.4, 0.5) is 0 Å². The molecule has 6 rings (SSSR count). The first-order valence-corrected chi connectivity index (χ1v) is 27.6. The summed E-state index contributed by atoms with van der Waals surface area (Å²) < 4.78 is 11.9. The van der Waals surface area contributed by atoms with Crippen molar-refractivity contribution >= 4 is 6.29 Å². The van der Waals surface area contributed by atoms with Gasteiger partial charge in [-0.1, -0.05) is 90.4 Å². The zero-order valence-electron chi connectivity index (χ0n) is 44.8. The minimum absolute atomic E-state index is 0.0326. The molecule has 3 saturated carbocycles. The van der Waals surface area contributed by atoms with E-state index >= 15 is 0 Å². The first-order chi connectivity index (χ1) is 35.1. The van der Waals surface area contributed by atoms with Gasteiger partial charge in [0.15, 0.2) is 0 Å². The zero-order valence-corrected chi connectivity index (χ0v) is 44.8. The quantitative estimate of drug-likeness (QED) is 0.0265. The molecular weight excluding hydrogens is 923 g/mol. The minimum Gasteiger partial charge on any atom is -0.396 e. The summed E-state index contributed by atoms with van der Waals surface area (Å²) in [5, 5.41) is 87.7. The number of ether oxygens (including phenoxy) is 2. The lowest BCUT2D eigenvalue weighted by atomic mass is 9.45. The Labute approximate surface area is 437 Å². The van der Waals surface area contributed by atoms with E-state index in [4.69, 9.17) is 9.47 Å². The van der Waals surface area contributed by atoms with Crippen molar-refractivity contribution in [2.75, 3.05) is 66.9 Å². The van der Waals surface area contributed by atoms with Gasteiger partial charge >= 0.3 is 0 Å². The van der Waals surface area contributed by atoms with Gasteiger partial charge in [-0.3, -0.25) is 4.79 Å². The highest BCUT2D eigenvalue weighted by atomic mass is 16.5. The highest BCUT2D eigenvalue weighted by Crippen LogP contribution is 2.67. The predicted octanol–water partition coefficient (Wildman–Crippen LogP) is 5.61. The van der Waals surface area contributed by atoms with Crippen LogP contribution in [-0.2, 0) is 27.1 Å². The smallest absolute Gasteiger partial charge is 0.145 e. The number of aliphatic hydroxyl groups excluding tert-OH is 6. The van der Waals surface area contributed by atoms with Crippen molar-refractivity contribution in [3.8, 4) is 0 Å². The second-order valence-electron chi connectivity index (χ2n) is 22.7. The van der Waals surface area contributed by atoms with Gasteiger partial charge in [0, 0.05) is 68.3 Å². The molecular formula is C60H93N3O10. The molecule has 1 spiro atoms. The molecule has 14 atom stereocenters. The monoisotopic (exact) mass is 1020 g/mol. The number of carbonyl (C=O) groups excluding carboxylic acids is 1. The summed E-state index contributed by atoms with van der Waals surface area (Å²) >= 11 is 0. The van der Waals surface area contributed by atoms with Crippen molar-refractivity contribution in [2.45, 2.75) is 152 Å². The van der Waals surface area contributed by atoms with Gasteiger partial charge in [-0.15, -0.1) is 0 Å². The Morgan fingerprint density at radius 1 is 1.08 bits per heavy atom. The van der Waals surface area contributed by atoms with Crippen molar-refractivity contribution in [2.24, 2.45) is 40.9 Å². The Kier molecular flexibility index (Phi) is 22.5. The normalized spacial score (nSPS) is 34.7. The van der Waals surface area contributed by atoms with Crippen LogP contribution >= 0.6 is 0 Å². The summed E-state index contributed by atoms with van der Waals surface area (Å²) in [6.45, 7) is 11.9. The highest BCUT2D eigenvalue weighted by Gasteiger charge is 2.68. The van der Waals surface area contributed by atoms with Gasteiger partial charge in [-0.2, -0.15) is 0 Å². The summed E-state index contributed by atoms with van der Waals surface area (Å²) in [6.07, 6.45) is 21.1. The molecule has 0 saturated heterocycles. The SMILES string of the molecule is C=C(/C=C/C=C(/COC[C@H](O)CO)[C@@H]1CC[C@]2([C@@H]1O)[C@@H]1C(=C(C)C=O)[C@@H](C=C[C@H]1CCO)C[C@]2(O)CCNC)[C@@H]1C/C=C(\C)CN[C@@](CCOC)([C@@H]2CCC[C@H](N[C@H](CCO)[C@H](C)O)C2)Cc2cccc(c2)C1. The van der Waals surface area contributed by atoms with Gasteiger partial charge in [-0.05, 0) is 164 Å². The number of carbonyl (C=O) groups is 1. The number of rotatable bonds is 24. The summed E-state index contributed by atoms with van der Waals surface area (Å²) in [5.74, 6) is -0.697. The Balaban J connectivity index is 1.29. The average Bonchev–Trinajstić information content (AvgIpc) is 3.73. The first kappa shape index (κ1) is 59.1. The summed E-state index contributed by atoms with van der Waals surface area (Å²) in [4.78, 5) is 12.5. The maximum Gasteiger partial charge on any atom is 0.145 e. The summed E-state index contributed by atoms with van der Waals surface area (Å²) in [7, 11) is 3.63. The molecule has 4 bridgehead atoms. The van der Waals surface area contributed by atoms with Crippen LogP contribution in [0.5, 0.6) is 0 Å². The topological polar surface area (TPSA) is 213 Å². The van der Waals surface area contributed by atoms with E-state index in [1.54, 1.807) is 14.0 Å². The fraction of sp³-hybridized carbons (Fsp3) is 0.683.